The predicted molar refractivity (Wildman–Crippen MR) is 113 cm³/mol. The molecule has 2 aliphatic heterocycles. The van der Waals surface area contributed by atoms with Gasteiger partial charge in [0.25, 0.3) is 0 Å². The van der Waals surface area contributed by atoms with Crippen LogP contribution in [0.2, 0.25) is 0 Å². The molecule has 30 heavy (non-hydrogen) atoms. The Morgan fingerprint density at radius 2 is 2.10 bits per heavy atom. The van der Waals surface area contributed by atoms with Crippen LogP contribution in [0.1, 0.15) is 38.0 Å². The van der Waals surface area contributed by atoms with Crippen molar-refractivity contribution in [3.8, 4) is 17.2 Å². The molecule has 0 aromatic heterocycles. The number of hydrogen-bond donors (Lipinski definition) is 0. The van der Waals surface area contributed by atoms with Crippen molar-refractivity contribution in [1.29, 1.82) is 0 Å². The van der Waals surface area contributed by atoms with Gasteiger partial charge in [-0.25, -0.2) is 4.79 Å². The van der Waals surface area contributed by atoms with Crippen molar-refractivity contribution in [2.24, 2.45) is 4.99 Å². The SMILES string of the molecule is C=CCOc1c(C)c2c(c(Br)c1[C@@H]1OC(C)(C)OC[C@H]1N=CC(=O)OCC)OCO2. The number of aliphatic imine (C=N–C) groups is 1. The number of halogens is 1. The van der Waals surface area contributed by atoms with E-state index in [-0.39, 0.29) is 20.0 Å². The van der Waals surface area contributed by atoms with E-state index in [0.717, 1.165) is 11.8 Å². The highest BCUT2D eigenvalue weighted by Crippen LogP contribution is 2.53. The molecule has 0 spiro atoms. The van der Waals surface area contributed by atoms with Crippen molar-refractivity contribution in [2.45, 2.75) is 45.6 Å². The number of hydrogen-bond acceptors (Lipinski definition) is 8. The van der Waals surface area contributed by atoms with Crippen LogP contribution >= 0.6 is 15.9 Å². The van der Waals surface area contributed by atoms with E-state index in [1.165, 1.54) is 0 Å². The summed E-state index contributed by atoms with van der Waals surface area (Å²) in [7, 11) is 0. The molecule has 8 nitrogen and oxygen atoms in total. The Labute approximate surface area is 184 Å². The number of carbonyl (C=O) groups excluding carboxylic acids is 1. The van der Waals surface area contributed by atoms with E-state index in [1.807, 2.05) is 20.8 Å². The summed E-state index contributed by atoms with van der Waals surface area (Å²) in [5, 5.41) is 0. The van der Waals surface area contributed by atoms with Crippen LogP contribution in [0.4, 0.5) is 0 Å². The number of fused-ring (bicyclic) bond motifs is 1. The number of esters is 1. The lowest BCUT2D eigenvalue weighted by Gasteiger charge is -2.40. The number of nitrogens with zero attached hydrogens (tertiary/aromatic N) is 1. The van der Waals surface area contributed by atoms with Crippen molar-refractivity contribution in [3.05, 3.63) is 28.3 Å². The number of rotatable bonds is 7. The summed E-state index contributed by atoms with van der Waals surface area (Å²) >= 11 is 3.64. The Hall–Kier alpha value is -2.10. The van der Waals surface area contributed by atoms with E-state index in [4.69, 9.17) is 28.4 Å². The summed E-state index contributed by atoms with van der Waals surface area (Å²) in [4.78, 5) is 16.2. The minimum Gasteiger partial charge on any atom is -0.489 e. The first kappa shape index (κ1) is 22.6. The minimum atomic E-state index is -0.861. The fraction of sp³-hybridized carbons (Fsp3) is 0.524. The zero-order valence-corrected chi connectivity index (χ0v) is 19.1. The number of carbonyl (C=O) groups is 1. The summed E-state index contributed by atoms with van der Waals surface area (Å²) in [5.74, 6) is 0.396. The smallest absolute Gasteiger partial charge is 0.348 e. The molecule has 0 saturated carbocycles. The van der Waals surface area contributed by atoms with Gasteiger partial charge < -0.3 is 28.4 Å². The van der Waals surface area contributed by atoms with Gasteiger partial charge in [0.15, 0.2) is 17.3 Å². The van der Waals surface area contributed by atoms with Crippen LogP contribution in [0.25, 0.3) is 0 Å². The first-order chi connectivity index (χ1) is 14.3. The van der Waals surface area contributed by atoms with Gasteiger partial charge in [-0.3, -0.25) is 4.99 Å². The van der Waals surface area contributed by atoms with Crippen LogP contribution in [0.3, 0.4) is 0 Å². The Morgan fingerprint density at radius 1 is 1.37 bits per heavy atom. The van der Waals surface area contributed by atoms with E-state index < -0.39 is 23.9 Å². The molecule has 0 amide bonds. The van der Waals surface area contributed by atoms with E-state index in [0.29, 0.717) is 33.9 Å². The van der Waals surface area contributed by atoms with E-state index in [1.54, 1.807) is 13.0 Å². The molecule has 1 aromatic carbocycles. The van der Waals surface area contributed by atoms with E-state index in [2.05, 4.69) is 27.5 Å². The second-order valence-electron chi connectivity index (χ2n) is 7.19. The molecule has 1 saturated heterocycles. The van der Waals surface area contributed by atoms with Crippen LogP contribution in [-0.2, 0) is 19.0 Å². The average Bonchev–Trinajstić information content (AvgIpc) is 3.19. The molecule has 3 rings (SSSR count). The maximum absolute atomic E-state index is 11.8. The molecule has 9 heteroatoms. The van der Waals surface area contributed by atoms with Gasteiger partial charge in [0.1, 0.15) is 30.7 Å². The normalized spacial score (nSPS) is 22.2. The van der Waals surface area contributed by atoms with Crippen LogP contribution in [-0.4, -0.2) is 50.6 Å². The molecular weight excluding hydrogens is 458 g/mol. The molecule has 0 unspecified atom stereocenters. The summed E-state index contributed by atoms with van der Waals surface area (Å²) < 4.78 is 35.0. The van der Waals surface area contributed by atoms with Gasteiger partial charge in [-0.05, 0) is 43.6 Å². The first-order valence-electron chi connectivity index (χ1n) is 9.66. The van der Waals surface area contributed by atoms with Crippen LogP contribution in [0, 0.1) is 6.92 Å². The van der Waals surface area contributed by atoms with Crippen molar-refractivity contribution in [3.63, 3.8) is 0 Å². The lowest BCUT2D eigenvalue weighted by atomic mass is 9.96. The third-order valence-electron chi connectivity index (χ3n) is 4.62. The standard InChI is InChI=1S/C21H26BrNO7/c1-6-8-26-17-12(3)18-20(28-11-27-18)16(22)15(17)19-13(10-29-21(4,5)30-19)23-9-14(24)25-7-2/h6,9,13,19H,1,7-8,10-11H2,2-5H3/t13-,19-/m1/s1. The predicted octanol–water partition coefficient (Wildman–Crippen LogP) is 3.88. The fourth-order valence-electron chi connectivity index (χ4n) is 3.33. The van der Waals surface area contributed by atoms with Gasteiger partial charge in [0, 0.05) is 11.1 Å². The topological polar surface area (TPSA) is 84.8 Å². The monoisotopic (exact) mass is 483 g/mol. The van der Waals surface area contributed by atoms with Crippen LogP contribution in [0.5, 0.6) is 17.2 Å². The number of ether oxygens (including phenoxy) is 6. The van der Waals surface area contributed by atoms with Gasteiger partial charge in [-0.1, -0.05) is 12.7 Å². The molecule has 1 aromatic rings. The highest BCUT2D eigenvalue weighted by molar-refractivity contribution is 9.10. The Bertz CT molecular complexity index is 852. The van der Waals surface area contributed by atoms with Gasteiger partial charge in [0.05, 0.1) is 17.7 Å². The average molecular weight is 484 g/mol. The Kier molecular flexibility index (Phi) is 7.05. The molecule has 2 heterocycles. The Morgan fingerprint density at radius 3 is 2.80 bits per heavy atom. The van der Waals surface area contributed by atoms with Gasteiger partial charge in [0.2, 0.25) is 6.79 Å². The molecule has 1 fully saturated rings. The van der Waals surface area contributed by atoms with E-state index in [9.17, 15) is 4.79 Å². The number of benzene rings is 1. The summed E-state index contributed by atoms with van der Waals surface area (Å²) in [5.41, 5.74) is 1.49. The van der Waals surface area contributed by atoms with Crippen LogP contribution < -0.4 is 14.2 Å². The van der Waals surface area contributed by atoms with Gasteiger partial charge >= 0.3 is 5.97 Å². The third-order valence-corrected chi connectivity index (χ3v) is 5.41. The zero-order valence-electron chi connectivity index (χ0n) is 17.5. The maximum atomic E-state index is 11.8. The molecule has 164 valence electrons. The van der Waals surface area contributed by atoms with Crippen LogP contribution in [0.15, 0.2) is 22.1 Å². The molecule has 0 aliphatic carbocycles. The molecule has 2 aliphatic rings. The Balaban J connectivity index is 2.09. The highest BCUT2D eigenvalue weighted by Gasteiger charge is 2.42. The molecule has 0 radical (unpaired) electrons. The molecule has 0 N–H and O–H groups in total. The molecular formula is C21H26BrNO7. The first-order valence-corrected chi connectivity index (χ1v) is 10.4. The van der Waals surface area contributed by atoms with Crippen molar-refractivity contribution < 1.29 is 33.2 Å². The van der Waals surface area contributed by atoms with Gasteiger partial charge in [-0.15, -0.1) is 0 Å². The maximum Gasteiger partial charge on any atom is 0.348 e. The van der Waals surface area contributed by atoms with Crippen molar-refractivity contribution in [1.82, 2.24) is 0 Å². The largest absolute Gasteiger partial charge is 0.489 e. The van der Waals surface area contributed by atoms with E-state index >= 15 is 0 Å². The molecule has 2 atom stereocenters. The highest BCUT2D eigenvalue weighted by atomic mass is 79.9. The molecule has 0 bridgehead atoms. The quantitative estimate of drug-likeness (QED) is 0.330. The second-order valence-corrected chi connectivity index (χ2v) is 7.99. The lowest BCUT2D eigenvalue weighted by molar-refractivity contribution is -0.281. The second kappa shape index (κ2) is 9.36. The third kappa shape index (κ3) is 4.63. The minimum absolute atomic E-state index is 0.115. The van der Waals surface area contributed by atoms with Gasteiger partial charge in [-0.2, -0.15) is 0 Å². The lowest BCUT2D eigenvalue weighted by Crippen LogP contribution is -2.43. The van der Waals surface area contributed by atoms with Crippen molar-refractivity contribution in [2.75, 3.05) is 26.6 Å². The van der Waals surface area contributed by atoms with Crippen molar-refractivity contribution >= 4 is 28.1 Å². The summed E-state index contributed by atoms with van der Waals surface area (Å²) in [6.45, 7) is 11.9. The zero-order chi connectivity index (χ0) is 21.9. The summed E-state index contributed by atoms with van der Waals surface area (Å²) in [6, 6.07) is -0.510. The fourth-order valence-corrected chi connectivity index (χ4v) is 4.03. The summed E-state index contributed by atoms with van der Waals surface area (Å²) in [6.07, 6.45) is 2.23.